The molecule has 0 spiro atoms. The Balaban J connectivity index is 2.85. The van der Waals surface area contributed by atoms with Crippen molar-refractivity contribution in [3.05, 3.63) is 47.1 Å². The molecule has 0 fully saturated rings. The average molecular weight is 280 g/mol. The minimum absolute atomic E-state index is 0.265. The molecule has 0 bridgehead atoms. The summed E-state index contributed by atoms with van der Waals surface area (Å²) in [6.07, 6.45) is 1.69. The number of aromatic carboxylic acids is 1. The Morgan fingerprint density at radius 3 is 2.81 bits per heavy atom. The van der Waals surface area contributed by atoms with Crippen molar-refractivity contribution in [3.63, 3.8) is 0 Å². The van der Waals surface area contributed by atoms with Gasteiger partial charge in [0.15, 0.2) is 0 Å². The Hall–Kier alpha value is -1.55. The van der Waals surface area contributed by atoms with E-state index in [4.69, 9.17) is 0 Å². The molecule has 82 valence electrons. The first-order valence-corrected chi connectivity index (χ1v) is 5.57. The third-order valence-electron chi connectivity index (χ3n) is 2.42. The van der Waals surface area contributed by atoms with Gasteiger partial charge in [0.2, 0.25) is 0 Å². The van der Waals surface area contributed by atoms with Crippen LogP contribution in [0.5, 0.6) is 0 Å². The van der Waals surface area contributed by atoms with Gasteiger partial charge in [-0.15, -0.1) is 6.58 Å². The van der Waals surface area contributed by atoms with Crippen LogP contribution in [0.2, 0.25) is 0 Å². The number of carboxylic acids is 1. The number of halogens is 1. The molecule has 1 heterocycles. The summed E-state index contributed by atoms with van der Waals surface area (Å²) in [5.74, 6) is -0.940. The lowest BCUT2D eigenvalue weighted by Crippen LogP contribution is -2.07. The van der Waals surface area contributed by atoms with Crippen LogP contribution in [0.4, 0.5) is 0 Å². The second kappa shape index (κ2) is 4.14. The van der Waals surface area contributed by atoms with E-state index in [2.05, 4.69) is 22.5 Å². The Labute approximate surface area is 101 Å². The maximum Gasteiger partial charge on any atom is 0.353 e. The van der Waals surface area contributed by atoms with Crippen molar-refractivity contribution in [2.45, 2.75) is 6.54 Å². The van der Waals surface area contributed by atoms with Gasteiger partial charge < -0.3 is 9.67 Å². The lowest BCUT2D eigenvalue weighted by molar-refractivity contribution is 0.0685. The monoisotopic (exact) mass is 279 g/mol. The molecule has 0 saturated carbocycles. The smallest absolute Gasteiger partial charge is 0.353 e. The highest BCUT2D eigenvalue weighted by Crippen LogP contribution is 2.30. The van der Waals surface area contributed by atoms with Gasteiger partial charge in [0, 0.05) is 11.9 Å². The van der Waals surface area contributed by atoms with E-state index in [-0.39, 0.29) is 5.69 Å². The molecule has 0 radical (unpaired) electrons. The first-order chi connectivity index (χ1) is 7.66. The van der Waals surface area contributed by atoms with E-state index in [1.54, 1.807) is 10.6 Å². The van der Waals surface area contributed by atoms with Crippen LogP contribution >= 0.6 is 15.9 Å². The maximum atomic E-state index is 11.2. The second-order valence-electron chi connectivity index (χ2n) is 3.38. The highest BCUT2D eigenvalue weighted by Gasteiger charge is 2.19. The van der Waals surface area contributed by atoms with E-state index in [9.17, 15) is 9.90 Å². The Morgan fingerprint density at radius 2 is 2.19 bits per heavy atom. The Bertz CT molecular complexity index is 572. The van der Waals surface area contributed by atoms with Gasteiger partial charge in [-0.25, -0.2) is 4.79 Å². The number of para-hydroxylation sites is 1. The number of hydrogen-bond donors (Lipinski definition) is 1. The molecule has 2 aromatic rings. The summed E-state index contributed by atoms with van der Waals surface area (Å²) >= 11 is 3.34. The highest BCUT2D eigenvalue weighted by atomic mass is 79.9. The van der Waals surface area contributed by atoms with Crippen LogP contribution in [-0.4, -0.2) is 15.6 Å². The van der Waals surface area contributed by atoms with Crippen molar-refractivity contribution in [2.75, 3.05) is 0 Å². The zero-order chi connectivity index (χ0) is 11.7. The zero-order valence-corrected chi connectivity index (χ0v) is 10.1. The molecule has 0 aliphatic heterocycles. The molecule has 3 nitrogen and oxygen atoms in total. The van der Waals surface area contributed by atoms with Crippen LogP contribution in [0.25, 0.3) is 10.9 Å². The van der Waals surface area contributed by atoms with Crippen molar-refractivity contribution in [2.24, 2.45) is 0 Å². The summed E-state index contributed by atoms with van der Waals surface area (Å²) in [5, 5.41) is 10.1. The zero-order valence-electron chi connectivity index (χ0n) is 8.48. The van der Waals surface area contributed by atoms with Crippen molar-refractivity contribution in [1.29, 1.82) is 0 Å². The number of nitrogens with zero attached hydrogens (tertiary/aromatic N) is 1. The molecule has 16 heavy (non-hydrogen) atoms. The number of benzene rings is 1. The lowest BCUT2D eigenvalue weighted by atomic mass is 10.2. The third-order valence-corrected chi connectivity index (χ3v) is 3.23. The summed E-state index contributed by atoms with van der Waals surface area (Å²) in [5.41, 5.74) is 1.16. The molecular weight excluding hydrogens is 270 g/mol. The maximum absolute atomic E-state index is 11.2. The molecule has 4 heteroatoms. The van der Waals surface area contributed by atoms with Crippen LogP contribution in [0.3, 0.4) is 0 Å². The largest absolute Gasteiger partial charge is 0.477 e. The van der Waals surface area contributed by atoms with Gasteiger partial charge in [-0.2, -0.15) is 0 Å². The summed E-state index contributed by atoms with van der Waals surface area (Å²) in [6.45, 7) is 4.12. The first kappa shape index (κ1) is 11.0. The molecule has 2 rings (SSSR count). The SMILES string of the molecule is C=CCn1c(C(=O)O)c(Br)c2ccccc21. The number of rotatable bonds is 3. The summed E-state index contributed by atoms with van der Waals surface area (Å²) in [7, 11) is 0. The van der Waals surface area contributed by atoms with E-state index < -0.39 is 5.97 Å². The van der Waals surface area contributed by atoms with Crippen molar-refractivity contribution >= 4 is 32.8 Å². The molecule has 1 aromatic carbocycles. The fraction of sp³-hybridized carbons (Fsp3) is 0.0833. The second-order valence-corrected chi connectivity index (χ2v) is 4.18. The minimum Gasteiger partial charge on any atom is -0.477 e. The van der Waals surface area contributed by atoms with Gasteiger partial charge in [-0.3, -0.25) is 0 Å². The van der Waals surface area contributed by atoms with Crippen molar-refractivity contribution in [1.82, 2.24) is 4.57 Å². The summed E-state index contributed by atoms with van der Waals surface area (Å²) < 4.78 is 2.35. The van der Waals surface area contributed by atoms with Gasteiger partial charge in [-0.05, 0) is 22.0 Å². The first-order valence-electron chi connectivity index (χ1n) is 4.77. The van der Waals surface area contributed by atoms with E-state index in [0.29, 0.717) is 11.0 Å². The summed E-state index contributed by atoms with van der Waals surface area (Å²) in [6, 6.07) is 7.57. The molecule has 0 aliphatic rings. The molecule has 1 aromatic heterocycles. The van der Waals surface area contributed by atoms with Gasteiger partial charge in [0.05, 0.1) is 9.99 Å². The molecule has 0 saturated heterocycles. The molecule has 0 atom stereocenters. The summed E-state index contributed by atoms with van der Waals surface area (Å²) in [4.78, 5) is 11.2. The number of carboxylic acid groups (broad SMARTS) is 1. The fourth-order valence-electron chi connectivity index (χ4n) is 1.79. The Kier molecular flexibility index (Phi) is 2.83. The topological polar surface area (TPSA) is 42.2 Å². The van der Waals surface area contributed by atoms with Crippen LogP contribution in [0.1, 0.15) is 10.5 Å². The molecular formula is C12H10BrNO2. The quantitative estimate of drug-likeness (QED) is 0.876. The van der Waals surface area contributed by atoms with E-state index >= 15 is 0 Å². The lowest BCUT2D eigenvalue weighted by Gasteiger charge is -2.04. The number of aromatic nitrogens is 1. The van der Waals surface area contributed by atoms with Crippen LogP contribution in [0, 0.1) is 0 Å². The number of hydrogen-bond acceptors (Lipinski definition) is 1. The molecule has 0 aliphatic carbocycles. The van der Waals surface area contributed by atoms with E-state index in [0.717, 1.165) is 10.9 Å². The predicted octanol–water partition coefficient (Wildman–Crippen LogP) is 3.29. The standard InChI is InChI=1S/C12H10BrNO2/c1-2-7-14-9-6-4-3-5-8(9)10(13)11(14)12(15)16/h2-6H,1,7H2,(H,15,16). The van der Waals surface area contributed by atoms with Crippen LogP contribution < -0.4 is 0 Å². The van der Waals surface area contributed by atoms with Gasteiger partial charge in [-0.1, -0.05) is 24.3 Å². The highest BCUT2D eigenvalue weighted by molar-refractivity contribution is 9.10. The fourth-order valence-corrected chi connectivity index (χ4v) is 2.51. The van der Waals surface area contributed by atoms with Crippen molar-refractivity contribution in [3.8, 4) is 0 Å². The Morgan fingerprint density at radius 1 is 1.50 bits per heavy atom. The normalized spacial score (nSPS) is 10.6. The number of allylic oxidation sites excluding steroid dienone is 1. The molecule has 0 amide bonds. The number of carbonyl (C=O) groups is 1. The van der Waals surface area contributed by atoms with E-state index in [1.165, 1.54) is 0 Å². The molecule has 1 N–H and O–H groups in total. The van der Waals surface area contributed by atoms with E-state index in [1.807, 2.05) is 24.3 Å². The number of fused-ring (bicyclic) bond motifs is 1. The average Bonchev–Trinajstić information content (AvgIpc) is 2.54. The third kappa shape index (κ3) is 1.55. The van der Waals surface area contributed by atoms with Gasteiger partial charge >= 0.3 is 5.97 Å². The van der Waals surface area contributed by atoms with Crippen LogP contribution in [0.15, 0.2) is 41.4 Å². The van der Waals surface area contributed by atoms with Crippen LogP contribution in [-0.2, 0) is 6.54 Å². The van der Waals surface area contributed by atoms with Gasteiger partial charge in [0.1, 0.15) is 5.69 Å². The van der Waals surface area contributed by atoms with Crippen molar-refractivity contribution < 1.29 is 9.90 Å². The minimum atomic E-state index is -0.940. The predicted molar refractivity (Wildman–Crippen MR) is 66.8 cm³/mol. The molecule has 0 unspecified atom stereocenters. The van der Waals surface area contributed by atoms with Gasteiger partial charge in [0.25, 0.3) is 0 Å².